The summed E-state index contributed by atoms with van der Waals surface area (Å²) in [6, 6.07) is 16.2. The Morgan fingerprint density at radius 1 is 1.00 bits per heavy atom. The molecule has 1 saturated carbocycles. The van der Waals surface area contributed by atoms with E-state index in [1.54, 1.807) is 36.4 Å². The lowest BCUT2D eigenvalue weighted by atomic mass is 9.98. The standard InChI is InChI=1S/C34H39ClN4O5S.C2HF3O2/c1-39(21-24-9-13-25(35)14-10-24)19-5-6-26(22-39)38(29(32(36)41)20-23-11-15-27(40)16-12-23)34(43)37-31-18-17-30(45-31)33(42)44-28-7-3-2-4-8-28;3-2(4,5)1(6)7/h9-18,28-29H,2-8,19-22H2,1H3,(H2-2,36,37,40,41,42,43);(H,6,7)/p+2/b38-26-;/t29-,39?;/m0./s1. The number of esters is 1. The molecular formula is C36H42ClF3N4O7S+2. The van der Waals surface area contributed by atoms with Gasteiger partial charge >= 0.3 is 24.1 Å². The van der Waals surface area contributed by atoms with Crippen LogP contribution in [0.5, 0.6) is 5.75 Å². The lowest BCUT2D eigenvalue weighted by molar-refractivity contribution is -0.918. The Morgan fingerprint density at radius 2 is 1.62 bits per heavy atom. The molecule has 2 heterocycles. The Labute approximate surface area is 308 Å². The smallest absolute Gasteiger partial charge is 0.497 e. The highest BCUT2D eigenvalue weighted by molar-refractivity contribution is 7.18. The number of ether oxygens (including phenoxy) is 1. The van der Waals surface area contributed by atoms with Crippen molar-refractivity contribution in [2.45, 2.75) is 76.2 Å². The fraction of sp³-hybridized carbons (Fsp3) is 0.417. The number of amides is 3. The number of phenolic OH excluding ortho intramolecular Hbond substituents is 1. The maximum absolute atomic E-state index is 14.1. The molecule has 0 spiro atoms. The minimum Gasteiger partial charge on any atom is -0.508 e. The predicted octanol–water partition coefficient (Wildman–Crippen LogP) is 6.75. The van der Waals surface area contributed by atoms with Crippen LogP contribution >= 0.6 is 22.9 Å². The van der Waals surface area contributed by atoms with Crippen LogP contribution in [0.1, 0.15) is 65.7 Å². The van der Waals surface area contributed by atoms with Crippen LogP contribution in [0.3, 0.4) is 0 Å². The number of hydrogen-bond donors (Lipinski definition) is 4. The molecule has 11 nitrogen and oxygen atoms in total. The second kappa shape index (κ2) is 17.8. The first kappa shape index (κ1) is 40.3. The average molecular weight is 767 g/mol. The van der Waals surface area contributed by atoms with E-state index in [2.05, 4.69) is 12.4 Å². The van der Waals surface area contributed by atoms with Crippen molar-refractivity contribution in [1.82, 2.24) is 0 Å². The molecule has 5 rings (SSSR count). The summed E-state index contributed by atoms with van der Waals surface area (Å²) < 4.78 is 39.6. The number of quaternary nitrogens is 1. The first-order chi connectivity index (χ1) is 24.5. The molecule has 2 aromatic carbocycles. The number of nitrogens with zero attached hydrogens (tertiary/aromatic N) is 2. The number of halogens is 4. The van der Waals surface area contributed by atoms with Crippen molar-refractivity contribution in [3.63, 3.8) is 0 Å². The number of carboxylic acids is 1. The number of aromatic hydroxyl groups is 1. The molecule has 3 amide bonds. The molecule has 5 N–H and O–H groups in total. The summed E-state index contributed by atoms with van der Waals surface area (Å²) in [7, 11) is 2.15. The highest BCUT2D eigenvalue weighted by Gasteiger charge is 2.40. The normalized spacial score (nSPS) is 19.4. The van der Waals surface area contributed by atoms with E-state index >= 15 is 0 Å². The first-order valence-electron chi connectivity index (χ1n) is 16.7. The fourth-order valence-corrected chi connectivity index (χ4v) is 7.28. The maximum atomic E-state index is 14.1. The number of phenols is 1. The minimum absolute atomic E-state index is 0.0684. The van der Waals surface area contributed by atoms with Crippen molar-refractivity contribution in [1.29, 1.82) is 0 Å². The van der Waals surface area contributed by atoms with Gasteiger partial charge in [-0.25, -0.2) is 9.59 Å². The summed E-state index contributed by atoms with van der Waals surface area (Å²) in [5.41, 5.74) is 8.69. The lowest BCUT2D eigenvalue weighted by Crippen LogP contribution is -2.56. The number of primary amides is 1. The molecule has 1 aromatic heterocycles. The summed E-state index contributed by atoms with van der Waals surface area (Å²) in [5.74, 6) is -3.67. The minimum atomic E-state index is -5.08. The van der Waals surface area contributed by atoms with Crippen LogP contribution in [0.25, 0.3) is 0 Å². The number of nitrogens with two attached hydrogens (primary N) is 1. The molecule has 1 saturated heterocycles. The molecule has 3 aromatic rings. The van der Waals surface area contributed by atoms with E-state index in [1.807, 2.05) is 24.3 Å². The number of piperidine rings is 1. The van der Waals surface area contributed by atoms with Crippen LogP contribution in [-0.2, 0) is 27.3 Å². The zero-order valence-electron chi connectivity index (χ0n) is 28.5. The number of hydrogen-bond acceptors (Lipinski definition) is 7. The summed E-state index contributed by atoms with van der Waals surface area (Å²) >= 11 is 7.26. The number of alkyl halides is 3. The second-order valence-corrected chi connectivity index (χ2v) is 14.7. The van der Waals surface area contributed by atoms with E-state index in [9.17, 15) is 32.7 Å². The van der Waals surface area contributed by atoms with Gasteiger partial charge in [-0.1, -0.05) is 53.6 Å². The van der Waals surface area contributed by atoms with Crippen LogP contribution in [0, 0.1) is 0 Å². The maximum Gasteiger partial charge on any atom is 0.497 e. The third-order valence-corrected chi connectivity index (χ3v) is 10.1. The van der Waals surface area contributed by atoms with Gasteiger partial charge in [0.25, 0.3) is 5.91 Å². The van der Waals surface area contributed by atoms with Gasteiger partial charge in [-0.3, -0.25) is 4.79 Å². The molecule has 280 valence electrons. The van der Waals surface area contributed by atoms with Crippen LogP contribution < -0.4 is 11.1 Å². The number of thiophene rings is 1. The van der Waals surface area contributed by atoms with Crippen molar-refractivity contribution in [2.75, 3.05) is 25.5 Å². The van der Waals surface area contributed by atoms with E-state index in [4.69, 9.17) is 32.0 Å². The van der Waals surface area contributed by atoms with Crippen LogP contribution in [0.4, 0.5) is 23.0 Å². The Kier molecular flexibility index (Phi) is 13.8. The number of rotatable bonds is 9. The van der Waals surface area contributed by atoms with Gasteiger partial charge in [0, 0.05) is 29.8 Å². The average Bonchev–Trinajstić information content (AvgIpc) is 3.55. The molecule has 0 bridgehead atoms. The van der Waals surface area contributed by atoms with Gasteiger partial charge in [-0.2, -0.15) is 27.9 Å². The molecule has 2 fully saturated rings. The number of likely N-dealkylation sites (tertiary alicyclic amines) is 1. The van der Waals surface area contributed by atoms with Crippen molar-refractivity contribution in [3.05, 3.63) is 81.7 Å². The fourth-order valence-electron chi connectivity index (χ4n) is 6.38. The molecular weight excluding hydrogens is 725 g/mol. The number of benzene rings is 2. The topological polar surface area (TPSA) is 159 Å². The Hall–Kier alpha value is -4.47. The highest BCUT2D eigenvalue weighted by Crippen LogP contribution is 2.27. The zero-order chi connectivity index (χ0) is 38.1. The Bertz CT molecular complexity index is 1760. The second-order valence-electron chi connectivity index (χ2n) is 13.2. The van der Waals surface area contributed by atoms with Crippen LogP contribution in [0.2, 0.25) is 5.02 Å². The van der Waals surface area contributed by atoms with Gasteiger partial charge in [0.1, 0.15) is 35.5 Å². The molecule has 1 unspecified atom stereocenters. The Morgan fingerprint density at radius 3 is 2.21 bits per heavy atom. The summed E-state index contributed by atoms with van der Waals surface area (Å²) in [6.45, 7) is 2.17. The quantitative estimate of drug-likeness (QED) is 0.107. The lowest BCUT2D eigenvalue weighted by Gasteiger charge is -2.38. The van der Waals surface area contributed by atoms with Gasteiger partial charge < -0.3 is 25.2 Å². The number of urea groups is 1. The highest BCUT2D eigenvalue weighted by atomic mass is 35.5. The number of carbonyl (C=O) groups excluding carboxylic acids is 3. The van der Waals surface area contributed by atoms with Crippen molar-refractivity contribution < 1.29 is 56.4 Å². The van der Waals surface area contributed by atoms with Gasteiger partial charge in [0.15, 0.2) is 11.0 Å². The number of carboxylic acid groups (broad SMARTS) is 1. The van der Waals surface area contributed by atoms with Gasteiger partial charge in [-0.05, 0) is 67.6 Å². The summed E-state index contributed by atoms with van der Waals surface area (Å²) in [4.78, 5) is 49.3. The zero-order valence-corrected chi connectivity index (χ0v) is 30.1. The Balaban J connectivity index is 0.000000785. The van der Waals surface area contributed by atoms with Gasteiger partial charge in [0.2, 0.25) is 0 Å². The molecule has 1 aliphatic carbocycles. The molecule has 1 aliphatic heterocycles. The van der Waals surface area contributed by atoms with Crippen LogP contribution in [0.15, 0.2) is 60.7 Å². The molecule has 52 heavy (non-hydrogen) atoms. The van der Waals surface area contributed by atoms with E-state index in [-0.39, 0.29) is 24.2 Å². The number of aliphatic carboxylic acids is 1. The SMILES string of the molecule is C[N+]1(Cc2ccc(Cl)cc2)CCC/C(=[N+](/C(=O)Nc2ccc(C(=O)OC3CCCCC3)s2)[C@@H](Cc2ccc(O)cc2)C(N)=O)C1.O=C(O)C(F)(F)F. The van der Waals surface area contributed by atoms with E-state index < -0.39 is 30.1 Å². The predicted molar refractivity (Wildman–Crippen MR) is 190 cm³/mol. The largest absolute Gasteiger partial charge is 0.508 e. The van der Waals surface area contributed by atoms with Gasteiger partial charge in [0.05, 0.1) is 13.6 Å². The van der Waals surface area contributed by atoms with Crippen molar-refractivity contribution in [2.24, 2.45) is 5.73 Å². The van der Waals surface area contributed by atoms with E-state index in [0.29, 0.717) is 32.3 Å². The molecule has 2 aliphatic rings. The number of anilines is 1. The van der Waals surface area contributed by atoms with Crippen molar-refractivity contribution in [3.8, 4) is 5.75 Å². The molecule has 16 heteroatoms. The summed E-state index contributed by atoms with van der Waals surface area (Å²) in [5, 5.41) is 21.0. The third kappa shape index (κ3) is 11.8. The van der Waals surface area contributed by atoms with Crippen molar-refractivity contribution >= 4 is 57.5 Å². The van der Waals surface area contributed by atoms with Crippen LogP contribution in [-0.4, -0.2) is 87.3 Å². The number of carbonyl (C=O) groups is 4. The third-order valence-electron chi connectivity index (χ3n) is 8.88. The molecule has 2 atom stereocenters. The monoisotopic (exact) mass is 766 g/mol. The molecule has 0 radical (unpaired) electrons. The number of nitrogens with one attached hydrogen (secondary N) is 1. The van der Waals surface area contributed by atoms with E-state index in [1.165, 1.54) is 4.58 Å². The van der Waals surface area contributed by atoms with Gasteiger partial charge in [-0.15, -0.1) is 0 Å². The summed E-state index contributed by atoms with van der Waals surface area (Å²) in [6.07, 6.45) is 1.50. The van der Waals surface area contributed by atoms with E-state index in [0.717, 1.165) is 79.8 Å². The first-order valence-corrected chi connectivity index (χ1v) is 17.9.